The van der Waals surface area contributed by atoms with Crippen LogP contribution in [0.2, 0.25) is 5.02 Å². The maximum absolute atomic E-state index is 13.2. The number of urea groups is 1. The molecule has 368 valence electrons. The fourth-order valence-electron chi connectivity index (χ4n) is 8.52. The Balaban J connectivity index is 0.000000310. The van der Waals surface area contributed by atoms with Crippen LogP contribution in [-0.2, 0) is 37.9 Å². The number of carbonyl (C=O) groups excluding carboxylic acids is 5. The molecule has 6 N–H and O–H groups in total. The van der Waals surface area contributed by atoms with Gasteiger partial charge in [0.05, 0.1) is 4.88 Å². The standard InChI is InChI=1S/C36H48N6O5S.C13H10ClNO5S/c1-36(2)16-4-5-17-42(36)48-25-26-9-6-11-28(23-26)38-35(47)40-20-18-39(19-21-40)32(44)15-14-27-10-7-12-29-30(27)24-41(34(29)46)31(13-8-22-43)33(45)37-3;14-9-10(20-5-8(16)17)12(13(18)19)21-11(9)6-2-1-3-7(15)4-6/h6-7,9-12,22-23,31H,4-5,8,13-21,24-25H2,1-3H3,(H,37,45)(H,38,47);1-4H,5,15H2,(H,16,17)(H,18,19). The predicted molar refractivity (Wildman–Crippen MR) is 267 cm³/mol. The molecule has 4 aromatic rings. The molecule has 3 aliphatic rings. The number of piperidine rings is 1. The second kappa shape index (κ2) is 23.9. The number of carboxylic acids is 2. The molecule has 2 saturated heterocycles. The van der Waals surface area contributed by atoms with E-state index in [1.807, 2.05) is 42.3 Å². The number of amides is 5. The number of benzene rings is 3. The zero-order chi connectivity index (χ0) is 49.8. The summed E-state index contributed by atoms with van der Waals surface area (Å²) in [5.41, 5.74) is 11.2. The number of piperazine rings is 1. The lowest BCUT2D eigenvalue weighted by atomic mass is 9.93. The van der Waals surface area contributed by atoms with Crippen molar-refractivity contribution in [2.24, 2.45) is 0 Å². The number of aromatic carboxylic acids is 1. The number of halogens is 1. The van der Waals surface area contributed by atoms with Crippen molar-refractivity contribution >= 4 is 88.2 Å². The Hall–Kier alpha value is -6.15. The van der Waals surface area contributed by atoms with Gasteiger partial charge < -0.3 is 50.8 Å². The number of rotatable bonds is 17. The van der Waals surface area contributed by atoms with E-state index in [0.717, 1.165) is 46.7 Å². The number of ether oxygens (including phenoxy) is 1. The van der Waals surface area contributed by atoms with Crippen LogP contribution in [0.5, 0.6) is 5.75 Å². The molecule has 3 aliphatic heterocycles. The molecule has 0 spiro atoms. The van der Waals surface area contributed by atoms with E-state index < -0.39 is 24.6 Å². The van der Waals surface area contributed by atoms with Gasteiger partial charge >= 0.3 is 18.0 Å². The normalized spacial score (nSPS) is 15.9. The maximum Gasteiger partial charge on any atom is 0.349 e. The molecule has 5 amide bonds. The van der Waals surface area contributed by atoms with E-state index in [1.54, 1.807) is 40.1 Å². The molecule has 2 fully saturated rings. The highest BCUT2D eigenvalue weighted by Gasteiger charge is 2.37. The number of hydrogen-bond donors (Lipinski definition) is 5. The van der Waals surface area contributed by atoms with Gasteiger partial charge in [0.15, 0.2) is 17.2 Å². The molecule has 0 radical (unpaired) electrons. The third-order valence-electron chi connectivity index (χ3n) is 12.2. The summed E-state index contributed by atoms with van der Waals surface area (Å²) in [7, 11) is 1.52. The van der Waals surface area contributed by atoms with Crippen molar-refractivity contribution in [1.29, 1.82) is 0 Å². The van der Waals surface area contributed by atoms with Crippen LogP contribution in [0.1, 0.15) is 89.1 Å². The number of anilines is 2. The summed E-state index contributed by atoms with van der Waals surface area (Å²) in [6.07, 6.45) is 5.64. The van der Waals surface area contributed by atoms with E-state index in [1.165, 1.54) is 36.8 Å². The number of likely N-dealkylation sites (N-methyl/N-ethyl adjacent to an activating group) is 1. The van der Waals surface area contributed by atoms with Crippen LogP contribution in [0.3, 0.4) is 0 Å². The average molecular weight is 1000 g/mol. The van der Waals surface area contributed by atoms with E-state index in [9.17, 15) is 33.6 Å². The highest BCUT2D eigenvalue weighted by atomic mass is 35.5. The van der Waals surface area contributed by atoms with Crippen LogP contribution in [-0.4, -0.2) is 129 Å². The molecule has 3 aromatic carbocycles. The van der Waals surface area contributed by atoms with Crippen LogP contribution >= 0.6 is 34.9 Å². The van der Waals surface area contributed by atoms with Crippen molar-refractivity contribution in [3.63, 3.8) is 0 Å². The Morgan fingerprint density at radius 1 is 0.971 bits per heavy atom. The molecular formula is C49H58ClN7O10S2. The lowest BCUT2D eigenvalue weighted by Crippen LogP contribution is -2.51. The SMILES string of the molecule is CNC(=O)C(CCC=O)N1Cc2c(CCC(=O)N3CCN(C(=O)Nc4cccc(CSN5CCCCC5(C)C)c4)CC3)cccc2C1=O.Nc1cccc(-c2sc(C(=O)O)c(OCC(=O)O)c2Cl)c1. The van der Waals surface area contributed by atoms with E-state index in [-0.39, 0.29) is 70.7 Å². The molecule has 0 aliphatic carbocycles. The quantitative estimate of drug-likeness (QED) is 0.0399. The third-order valence-corrected chi connectivity index (χ3v) is 15.4. The van der Waals surface area contributed by atoms with Gasteiger partial charge in [-0.3, -0.25) is 14.4 Å². The first-order valence-electron chi connectivity index (χ1n) is 22.7. The summed E-state index contributed by atoms with van der Waals surface area (Å²) in [5.74, 6) is -2.29. The van der Waals surface area contributed by atoms with Crippen LogP contribution in [0.25, 0.3) is 10.4 Å². The van der Waals surface area contributed by atoms with E-state index >= 15 is 0 Å². The van der Waals surface area contributed by atoms with Crippen LogP contribution in [0.15, 0.2) is 66.7 Å². The fraction of sp³-hybridized carbons (Fsp3) is 0.408. The van der Waals surface area contributed by atoms with Crippen molar-refractivity contribution < 1.29 is 48.5 Å². The third kappa shape index (κ3) is 13.3. The highest BCUT2D eigenvalue weighted by Crippen LogP contribution is 2.46. The number of thiophene rings is 1. The number of carboxylic acid groups (broad SMARTS) is 2. The molecule has 1 atom stereocenters. The summed E-state index contributed by atoms with van der Waals surface area (Å²) < 4.78 is 7.48. The minimum Gasteiger partial charge on any atom is -0.479 e. The van der Waals surface area contributed by atoms with Gasteiger partial charge in [-0.25, -0.2) is 18.7 Å². The molecular weight excluding hydrogens is 946 g/mol. The number of hydrogen-bond acceptors (Lipinski definition) is 12. The second-order valence-corrected chi connectivity index (χ2v) is 19.8. The Labute approximate surface area is 414 Å². The summed E-state index contributed by atoms with van der Waals surface area (Å²) in [6, 6.07) is 19.4. The number of fused-ring (bicyclic) bond motifs is 1. The van der Waals surface area contributed by atoms with Gasteiger partial charge in [-0.05, 0) is 92.1 Å². The molecule has 0 bridgehead atoms. The number of aliphatic carboxylic acids is 1. The molecule has 20 heteroatoms. The van der Waals surface area contributed by atoms with Gasteiger partial charge in [-0.2, -0.15) is 0 Å². The highest BCUT2D eigenvalue weighted by molar-refractivity contribution is 7.96. The minimum absolute atomic E-state index is 0.00476. The lowest BCUT2D eigenvalue weighted by Gasteiger charge is -2.41. The summed E-state index contributed by atoms with van der Waals surface area (Å²) in [5, 5.41) is 23.5. The zero-order valence-electron chi connectivity index (χ0n) is 38.8. The largest absolute Gasteiger partial charge is 0.479 e. The molecule has 0 saturated carbocycles. The number of nitrogen functional groups attached to an aromatic ring is 1. The van der Waals surface area contributed by atoms with Crippen molar-refractivity contribution in [3.8, 4) is 16.2 Å². The first kappa shape index (κ1) is 52.2. The summed E-state index contributed by atoms with van der Waals surface area (Å²) in [6.45, 7) is 7.11. The first-order valence-corrected chi connectivity index (χ1v) is 24.8. The average Bonchev–Trinajstić information content (AvgIpc) is 3.85. The summed E-state index contributed by atoms with van der Waals surface area (Å²) >= 11 is 8.90. The van der Waals surface area contributed by atoms with Crippen molar-refractivity contribution in [2.45, 2.75) is 82.7 Å². The number of carbonyl (C=O) groups is 7. The maximum atomic E-state index is 13.2. The van der Waals surface area contributed by atoms with Gasteiger partial charge in [-0.15, -0.1) is 11.3 Å². The number of aryl methyl sites for hydroxylation is 1. The van der Waals surface area contributed by atoms with Crippen molar-refractivity contribution in [2.75, 3.05) is 57.4 Å². The Kier molecular flexibility index (Phi) is 18.1. The van der Waals surface area contributed by atoms with E-state index in [0.29, 0.717) is 54.3 Å². The smallest absolute Gasteiger partial charge is 0.349 e. The molecule has 7 rings (SSSR count). The number of nitrogens with one attached hydrogen (secondary N) is 2. The van der Waals surface area contributed by atoms with Crippen molar-refractivity contribution in [3.05, 3.63) is 98.9 Å². The predicted octanol–water partition coefficient (Wildman–Crippen LogP) is 7.27. The molecule has 69 heavy (non-hydrogen) atoms. The zero-order valence-corrected chi connectivity index (χ0v) is 41.2. The molecule has 1 aromatic heterocycles. The number of nitrogens with two attached hydrogens (primary N) is 1. The number of aldehydes is 1. The van der Waals surface area contributed by atoms with Crippen LogP contribution in [0, 0.1) is 0 Å². The summed E-state index contributed by atoms with van der Waals surface area (Å²) in [4.78, 5) is 90.2. The Morgan fingerprint density at radius 3 is 2.38 bits per heavy atom. The Bertz CT molecular complexity index is 2550. The van der Waals surface area contributed by atoms with E-state index in [2.05, 4.69) is 34.9 Å². The van der Waals surface area contributed by atoms with Crippen LogP contribution < -0.4 is 21.1 Å². The molecule has 17 nitrogen and oxygen atoms in total. The van der Waals surface area contributed by atoms with Gasteiger partial charge in [-0.1, -0.05) is 66.4 Å². The van der Waals surface area contributed by atoms with Gasteiger partial charge in [0.1, 0.15) is 17.4 Å². The van der Waals surface area contributed by atoms with Gasteiger partial charge in [0.25, 0.3) is 5.91 Å². The van der Waals surface area contributed by atoms with Gasteiger partial charge in [0, 0.05) is 87.4 Å². The second-order valence-electron chi connectivity index (χ2n) is 17.4. The van der Waals surface area contributed by atoms with Gasteiger partial charge in [0.2, 0.25) is 11.8 Å². The topological polar surface area (TPSA) is 232 Å². The first-order chi connectivity index (χ1) is 33.0. The lowest BCUT2D eigenvalue weighted by molar-refractivity contribution is -0.139. The minimum atomic E-state index is -1.24. The monoisotopic (exact) mass is 1000 g/mol. The molecule has 1 unspecified atom stereocenters. The number of nitrogens with zero attached hydrogens (tertiary/aromatic N) is 4. The van der Waals surface area contributed by atoms with Crippen LogP contribution in [0.4, 0.5) is 16.2 Å². The van der Waals surface area contributed by atoms with E-state index in [4.69, 9.17) is 32.3 Å². The Morgan fingerprint density at radius 2 is 1.70 bits per heavy atom. The fourth-order valence-corrected chi connectivity index (χ4v) is 11.1. The van der Waals surface area contributed by atoms with Crippen molar-refractivity contribution in [1.82, 2.24) is 24.3 Å². The molecule has 4 heterocycles.